The SMILES string of the molecule is CCCC(NNS(=O)(=O)c1cccc([N+](=O)[O-])c1)Sc1ccccc1. The third-order valence-electron chi connectivity index (χ3n) is 3.27. The zero-order chi connectivity index (χ0) is 18.3. The first kappa shape index (κ1) is 19.4. The smallest absolute Gasteiger partial charge is 0.258 e. The van der Waals surface area contributed by atoms with E-state index in [1.165, 1.54) is 30.0 Å². The number of nitro benzene ring substituents is 1. The van der Waals surface area contributed by atoms with E-state index in [0.29, 0.717) is 0 Å². The van der Waals surface area contributed by atoms with Crippen LogP contribution in [0.1, 0.15) is 19.8 Å². The minimum Gasteiger partial charge on any atom is -0.258 e. The average Bonchev–Trinajstić information content (AvgIpc) is 2.61. The molecule has 0 radical (unpaired) electrons. The van der Waals surface area contributed by atoms with E-state index in [-0.39, 0.29) is 16.0 Å². The molecule has 0 aliphatic carbocycles. The first-order valence-electron chi connectivity index (χ1n) is 7.66. The van der Waals surface area contributed by atoms with Crippen LogP contribution in [0.15, 0.2) is 64.4 Å². The van der Waals surface area contributed by atoms with E-state index in [0.717, 1.165) is 23.8 Å². The third kappa shape index (κ3) is 5.82. The molecule has 2 aromatic rings. The van der Waals surface area contributed by atoms with Gasteiger partial charge >= 0.3 is 0 Å². The van der Waals surface area contributed by atoms with Crippen LogP contribution in [-0.4, -0.2) is 18.7 Å². The van der Waals surface area contributed by atoms with Crippen molar-refractivity contribution < 1.29 is 13.3 Å². The number of nitrogens with zero attached hydrogens (tertiary/aromatic N) is 1. The van der Waals surface area contributed by atoms with Crippen LogP contribution in [0.4, 0.5) is 5.69 Å². The highest BCUT2D eigenvalue weighted by atomic mass is 32.2. The van der Waals surface area contributed by atoms with Gasteiger partial charge in [0.15, 0.2) is 0 Å². The Morgan fingerprint density at radius 1 is 1.16 bits per heavy atom. The summed E-state index contributed by atoms with van der Waals surface area (Å²) in [7, 11) is -3.90. The van der Waals surface area contributed by atoms with Crippen LogP contribution in [0.25, 0.3) is 0 Å². The van der Waals surface area contributed by atoms with Gasteiger partial charge in [0.25, 0.3) is 15.7 Å². The van der Waals surface area contributed by atoms with Gasteiger partial charge in [-0.25, -0.2) is 13.8 Å². The van der Waals surface area contributed by atoms with Crippen molar-refractivity contribution in [2.45, 2.75) is 34.9 Å². The largest absolute Gasteiger partial charge is 0.270 e. The van der Waals surface area contributed by atoms with Crippen molar-refractivity contribution in [3.8, 4) is 0 Å². The minimum atomic E-state index is -3.90. The normalized spacial score (nSPS) is 12.7. The Kier molecular flexibility index (Phi) is 6.94. The summed E-state index contributed by atoms with van der Waals surface area (Å²) in [6, 6.07) is 14.6. The Balaban J connectivity index is 2.07. The molecule has 0 aromatic heterocycles. The number of hydrogen-bond donors (Lipinski definition) is 2. The molecule has 0 saturated heterocycles. The lowest BCUT2D eigenvalue weighted by molar-refractivity contribution is -0.385. The van der Waals surface area contributed by atoms with Gasteiger partial charge < -0.3 is 0 Å². The summed E-state index contributed by atoms with van der Waals surface area (Å²) in [6.07, 6.45) is 1.62. The maximum Gasteiger partial charge on any atom is 0.270 e. The van der Waals surface area contributed by atoms with Crippen LogP contribution in [-0.2, 0) is 10.0 Å². The summed E-state index contributed by atoms with van der Waals surface area (Å²) in [6.45, 7) is 2.01. The molecule has 9 heteroatoms. The second-order valence-corrected chi connectivity index (χ2v) is 8.17. The fourth-order valence-electron chi connectivity index (χ4n) is 2.05. The summed E-state index contributed by atoms with van der Waals surface area (Å²) >= 11 is 1.51. The van der Waals surface area contributed by atoms with Gasteiger partial charge in [-0.05, 0) is 24.6 Å². The van der Waals surface area contributed by atoms with Crippen molar-refractivity contribution >= 4 is 27.5 Å². The molecule has 0 aliphatic heterocycles. The lowest BCUT2D eigenvalue weighted by atomic mass is 10.3. The predicted octanol–water partition coefficient (Wildman–Crippen LogP) is 3.30. The van der Waals surface area contributed by atoms with Crippen molar-refractivity contribution in [1.82, 2.24) is 10.3 Å². The summed E-state index contributed by atoms with van der Waals surface area (Å²) in [5.74, 6) is 0. The zero-order valence-corrected chi connectivity index (χ0v) is 15.2. The first-order valence-corrected chi connectivity index (χ1v) is 10.0. The molecule has 0 spiro atoms. The molecule has 2 rings (SSSR count). The van der Waals surface area contributed by atoms with E-state index in [2.05, 4.69) is 10.3 Å². The summed E-state index contributed by atoms with van der Waals surface area (Å²) in [5, 5.41) is 10.6. The van der Waals surface area contributed by atoms with Crippen LogP contribution in [0, 0.1) is 10.1 Å². The quantitative estimate of drug-likeness (QED) is 0.299. The Bertz CT molecular complexity index is 813. The Morgan fingerprint density at radius 3 is 2.52 bits per heavy atom. The van der Waals surface area contributed by atoms with Crippen molar-refractivity contribution in [2.75, 3.05) is 0 Å². The fraction of sp³-hybridized carbons (Fsp3) is 0.250. The maximum atomic E-state index is 12.4. The first-order chi connectivity index (χ1) is 11.9. The van der Waals surface area contributed by atoms with Gasteiger partial charge in [0.1, 0.15) is 0 Å². The standard InChI is InChI=1S/C16H19N3O4S2/c1-2-7-16(24-14-9-4-3-5-10-14)17-18-25(22,23)15-11-6-8-13(12-15)19(20)21/h3-6,8-12,16-18H,2,7H2,1H3. The molecule has 1 unspecified atom stereocenters. The number of nitro groups is 1. The van der Waals surface area contributed by atoms with Crippen LogP contribution in [0.5, 0.6) is 0 Å². The van der Waals surface area contributed by atoms with Crippen LogP contribution in [0.2, 0.25) is 0 Å². The number of sulfonamides is 1. The molecule has 0 heterocycles. The molecule has 134 valence electrons. The van der Waals surface area contributed by atoms with Gasteiger partial charge in [-0.1, -0.05) is 37.6 Å². The lowest BCUT2D eigenvalue weighted by Gasteiger charge is -2.18. The van der Waals surface area contributed by atoms with Crippen molar-refractivity contribution in [3.05, 3.63) is 64.7 Å². The van der Waals surface area contributed by atoms with Crippen molar-refractivity contribution in [3.63, 3.8) is 0 Å². The van der Waals surface area contributed by atoms with E-state index in [1.54, 1.807) is 0 Å². The molecule has 2 N–H and O–H groups in total. The van der Waals surface area contributed by atoms with Crippen LogP contribution >= 0.6 is 11.8 Å². The van der Waals surface area contributed by atoms with E-state index in [9.17, 15) is 18.5 Å². The monoisotopic (exact) mass is 381 g/mol. The molecule has 7 nitrogen and oxygen atoms in total. The van der Waals surface area contributed by atoms with Crippen LogP contribution < -0.4 is 10.3 Å². The molecule has 0 amide bonds. The highest BCUT2D eigenvalue weighted by Crippen LogP contribution is 2.24. The van der Waals surface area contributed by atoms with Crippen molar-refractivity contribution in [1.29, 1.82) is 0 Å². The molecule has 0 bridgehead atoms. The van der Waals surface area contributed by atoms with Gasteiger partial charge in [0.2, 0.25) is 0 Å². The molecular weight excluding hydrogens is 362 g/mol. The van der Waals surface area contributed by atoms with Gasteiger partial charge in [0.05, 0.1) is 15.2 Å². The van der Waals surface area contributed by atoms with E-state index in [4.69, 9.17) is 0 Å². The minimum absolute atomic E-state index is 0.158. The molecule has 0 saturated carbocycles. The predicted molar refractivity (Wildman–Crippen MR) is 97.5 cm³/mol. The topological polar surface area (TPSA) is 101 Å². The number of hydrogen-bond acceptors (Lipinski definition) is 6. The van der Waals surface area contributed by atoms with Gasteiger partial charge in [0, 0.05) is 17.0 Å². The Hall–Kier alpha value is -1.94. The maximum absolute atomic E-state index is 12.4. The van der Waals surface area contributed by atoms with E-state index >= 15 is 0 Å². The van der Waals surface area contributed by atoms with Gasteiger partial charge in [-0.2, -0.15) is 0 Å². The number of nitrogens with one attached hydrogen (secondary N) is 2. The molecule has 0 fully saturated rings. The fourth-order valence-corrected chi connectivity index (χ4v) is 4.19. The van der Waals surface area contributed by atoms with Crippen molar-refractivity contribution in [2.24, 2.45) is 0 Å². The molecule has 0 aliphatic rings. The second kappa shape index (κ2) is 8.95. The highest BCUT2D eigenvalue weighted by Gasteiger charge is 2.19. The molecule has 25 heavy (non-hydrogen) atoms. The van der Waals surface area contributed by atoms with E-state index in [1.807, 2.05) is 37.3 Å². The van der Waals surface area contributed by atoms with Gasteiger partial charge in [-0.15, -0.1) is 16.6 Å². The average molecular weight is 381 g/mol. The summed E-state index contributed by atoms with van der Waals surface area (Å²) in [4.78, 5) is 13.4. The molecular formula is C16H19N3O4S2. The molecule has 2 aromatic carbocycles. The molecule has 1 atom stereocenters. The highest BCUT2D eigenvalue weighted by molar-refractivity contribution is 8.00. The zero-order valence-electron chi connectivity index (χ0n) is 13.6. The lowest BCUT2D eigenvalue weighted by Crippen LogP contribution is -2.42. The Labute approximate surface area is 151 Å². The second-order valence-electron chi connectivity index (χ2n) is 5.21. The summed E-state index contributed by atoms with van der Waals surface area (Å²) in [5.41, 5.74) is 2.54. The van der Waals surface area contributed by atoms with E-state index < -0.39 is 14.9 Å². The number of non-ortho nitro benzene ring substituents is 1. The number of rotatable bonds is 9. The number of benzene rings is 2. The Morgan fingerprint density at radius 2 is 1.88 bits per heavy atom. The number of thioether (sulfide) groups is 1. The number of hydrazine groups is 1. The third-order valence-corrected chi connectivity index (χ3v) is 5.71. The van der Waals surface area contributed by atoms with Gasteiger partial charge in [-0.3, -0.25) is 10.1 Å². The summed E-state index contributed by atoms with van der Waals surface area (Å²) < 4.78 is 24.7. The van der Waals surface area contributed by atoms with Crippen LogP contribution in [0.3, 0.4) is 0 Å².